The van der Waals surface area contributed by atoms with Gasteiger partial charge in [-0.15, -0.1) is 0 Å². The molecule has 4 heteroatoms. The third-order valence-corrected chi connectivity index (χ3v) is 3.59. The minimum atomic E-state index is -0.533. The van der Waals surface area contributed by atoms with Crippen LogP contribution in [0.25, 0.3) is 0 Å². The molecular formula is C13H18F2N2. The quantitative estimate of drug-likeness (QED) is 0.612. The topological polar surface area (TPSA) is 38.0 Å². The number of hydrogen-bond acceptors (Lipinski definition) is 2. The number of nitrogens with one attached hydrogen (secondary N) is 1. The minimum absolute atomic E-state index is 0.0729. The van der Waals surface area contributed by atoms with Crippen molar-refractivity contribution in [3.05, 3.63) is 35.4 Å². The molecule has 17 heavy (non-hydrogen) atoms. The average Bonchev–Trinajstić information content (AvgIpc) is 3.07. The summed E-state index contributed by atoms with van der Waals surface area (Å²) >= 11 is 0. The molecule has 0 aromatic heterocycles. The summed E-state index contributed by atoms with van der Waals surface area (Å²) < 4.78 is 26.1. The lowest BCUT2D eigenvalue weighted by Crippen LogP contribution is -2.42. The summed E-state index contributed by atoms with van der Waals surface area (Å²) in [5.41, 5.74) is 3.42. The summed E-state index contributed by atoms with van der Waals surface area (Å²) in [6, 6.07) is 3.70. The van der Waals surface area contributed by atoms with Crippen LogP contribution in [0.2, 0.25) is 0 Å². The lowest BCUT2D eigenvalue weighted by Gasteiger charge is -2.23. The summed E-state index contributed by atoms with van der Waals surface area (Å²) in [5, 5.41) is 0. The summed E-state index contributed by atoms with van der Waals surface area (Å²) in [4.78, 5) is 0. The molecule has 2 atom stereocenters. The van der Waals surface area contributed by atoms with Crippen molar-refractivity contribution in [2.24, 2.45) is 17.7 Å². The number of nitrogens with two attached hydrogens (primary N) is 1. The Labute approximate surface area is 100 Å². The van der Waals surface area contributed by atoms with E-state index in [1.807, 2.05) is 0 Å². The second kappa shape index (κ2) is 5.10. The van der Waals surface area contributed by atoms with E-state index in [1.165, 1.54) is 25.0 Å². The molecule has 0 aliphatic heterocycles. The van der Waals surface area contributed by atoms with Crippen LogP contribution < -0.4 is 11.3 Å². The minimum Gasteiger partial charge on any atom is -0.271 e. The van der Waals surface area contributed by atoms with Gasteiger partial charge in [-0.1, -0.05) is 6.92 Å². The van der Waals surface area contributed by atoms with Gasteiger partial charge in [0.2, 0.25) is 0 Å². The van der Waals surface area contributed by atoms with Crippen LogP contribution in [0.4, 0.5) is 8.78 Å². The number of hydrazine groups is 1. The fourth-order valence-corrected chi connectivity index (χ4v) is 2.33. The van der Waals surface area contributed by atoms with Gasteiger partial charge in [-0.25, -0.2) is 8.78 Å². The van der Waals surface area contributed by atoms with Crippen LogP contribution in [0.15, 0.2) is 18.2 Å². The molecule has 1 aromatic rings. The Balaban J connectivity index is 2.06. The van der Waals surface area contributed by atoms with Crippen molar-refractivity contribution in [1.82, 2.24) is 5.43 Å². The van der Waals surface area contributed by atoms with E-state index in [9.17, 15) is 8.78 Å². The van der Waals surface area contributed by atoms with E-state index in [-0.39, 0.29) is 6.04 Å². The third-order valence-electron chi connectivity index (χ3n) is 3.59. The van der Waals surface area contributed by atoms with Crippen molar-refractivity contribution in [2.75, 3.05) is 0 Å². The van der Waals surface area contributed by atoms with E-state index >= 15 is 0 Å². The number of hydrogen-bond donors (Lipinski definition) is 2. The maximum atomic E-state index is 13.1. The zero-order valence-electron chi connectivity index (χ0n) is 9.92. The maximum Gasteiger partial charge on any atom is 0.126 e. The SMILES string of the molecule is CC(C1CC1)C(Cc1cc(F)cc(F)c1)NN. The molecule has 2 nitrogen and oxygen atoms in total. The van der Waals surface area contributed by atoms with E-state index in [4.69, 9.17) is 5.84 Å². The molecule has 94 valence electrons. The van der Waals surface area contributed by atoms with Gasteiger partial charge < -0.3 is 0 Å². The molecule has 1 saturated carbocycles. The molecule has 2 unspecified atom stereocenters. The van der Waals surface area contributed by atoms with Crippen LogP contribution in [-0.4, -0.2) is 6.04 Å². The first-order chi connectivity index (χ1) is 8.10. The Morgan fingerprint density at radius 2 is 1.88 bits per heavy atom. The predicted octanol–water partition coefficient (Wildman–Crippen LogP) is 2.39. The molecule has 3 N–H and O–H groups in total. The van der Waals surface area contributed by atoms with E-state index < -0.39 is 11.6 Å². The van der Waals surface area contributed by atoms with Gasteiger partial charge in [0, 0.05) is 12.1 Å². The zero-order chi connectivity index (χ0) is 12.4. The maximum absolute atomic E-state index is 13.1. The van der Waals surface area contributed by atoms with Gasteiger partial charge in [0.1, 0.15) is 11.6 Å². The number of benzene rings is 1. The lowest BCUT2D eigenvalue weighted by molar-refractivity contribution is 0.343. The summed E-state index contributed by atoms with van der Waals surface area (Å²) in [7, 11) is 0. The molecule has 0 radical (unpaired) electrons. The first kappa shape index (κ1) is 12.5. The van der Waals surface area contributed by atoms with Gasteiger partial charge in [0.05, 0.1) is 0 Å². The summed E-state index contributed by atoms with van der Waals surface area (Å²) in [6.45, 7) is 2.14. The highest BCUT2D eigenvalue weighted by Crippen LogP contribution is 2.38. The Bertz CT molecular complexity index is 371. The molecule has 0 heterocycles. The highest BCUT2D eigenvalue weighted by Gasteiger charge is 2.32. The molecule has 1 fully saturated rings. The standard InChI is InChI=1S/C13H18F2N2/c1-8(10-2-3-10)13(17-16)6-9-4-11(14)7-12(15)5-9/h4-5,7-8,10,13,17H,2-3,6,16H2,1H3. The molecule has 1 aromatic carbocycles. The fraction of sp³-hybridized carbons (Fsp3) is 0.538. The van der Waals surface area contributed by atoms with Gasteiger partial charge >= 0.3 is 0 Å². The molecule has 2 rings (SSSR count). The van der Waals surface area contributed by atoms with Crippen LogP contribution in [0.1, 0.15) is 25.3 Å². The van der Waals surface area contributed by atoms with E-state index in [0.29, 0.717) is 23.8 Å². The second-order valence-corrected chi connectivity index (χ2v) is 4.95. The first-order valence-corrected chi connectivity index (χ1v) is 6.01. The number of rotatable bonds is 5. The van der Waals surface area contributed by atoms with Crippen molar-refractivity contribution in [2.45, 2.75) is 32.2 Å². The van der Waals surface area contributed by atoms with E-state index in [1.54, 1.807) is 0 Å². The Morgan fingerprint density at radius 3 is 2.35 bits per heavy atom. The summed E-state index contributed by atoms with van der Waals surface area (Å²) in [5.74, 6) is 5.60. The fourth-order valence-electron chi connectivity index (χ4n) is 2.33. The van der Waals surface area contributed by atoms with Gasteiger partial charge in [-0.2, -0.15) is 0 Å². The predicted molar refractivity (Wildman–Crippen MR) is 63.1 cm³/mol. The van der Waals surface area contributed by atoms with Gasteiger partial charge in [-0.05, 0) is 48.8 Å². The number of halogens is 2. The molecular weight excluding hydrogens is 222 g/mol. The van der Waals surface area contributed by atoms with Crippen LogP contribution >= 0.6 is 0 Å². The molecule has 0 bridgehead atoms. The smallest absolute Gasteiger partial charge is 0.126 e. The van der Waals surface area contributed by atoms with E-state index in [2.05, 4.69) is 12.3 Å². The Morgan fingerprint density at radius 1 is 1.29 bits per heavy atom. The molecule has 1 aliphatic carbocycles. The van der Waals surface area contributed by atoms with Crippen molar-refractivity contribution in [3.8, 4) is 0 Å². The molecule has 0 spiro atoms. The Hall–Kier alpha value is -1.00. The monoisotopic (exact) mass is 240 g/mol. The van der Waals surface area contributed by atoms with Crippen LogP contribution in [0.5, 0.6) is 0 Å². The highest BCUT2D eigenvalue weighted by atomic mass is 19.1. The van der Waals surface area contributed by atoms with Crippen molar-refractivity contribution in [3.63, 3.8) is 0 Å². The van der Waals surface area contributed by atoms with Crippen molar-refractivity contribution < 1.29 is 8.78 Å². The van der Waals surface area contributed by atoms with Crippen molar-refractivity contribution >= 4 is 0 Å². The van der Waals surface area contributed by atoms with Crippen LogP contribution in [-0.2, 0) is 6.42 Å². The third kappa shape index (κ3) is 3.23. The van der Waals surface area contributed by atoms with Crippen LogP contribution in [0.3, 0.4) is 0 Å². The second-order valence-electron chi connectivity index (χ2n) is 4.95. The Kier molecular flexibility index (Phi) is 3.74. The van der Waals surface area contributed by atoms with Gasteiger partial charge in [0.25, 0.3) is 0 Å². The average molecular weight is 240 g/mol. The molecule has 1 aliphatic rings. The van der Waals surface area contributed by atoms with Crippen molar-refractivity contribution in [1.29, 1.82) is 0 Å². The lowest BCUT2D eigenvalue weighted by atomic mass is 9.91. The molecule has 0 saturated heterocycles. The van der Waals surface area contributed by atoms with Gasteiger partial charge in [-0.3, -0.25) is 11.3 Å². The zero-order valence-corrected chi connectivity index (χ0v) is 9.92. The first-order valence-electron chi connectivity index (χ1n) is 6.01. The molecule has 0 amide bonds. The highest BCUT2D eigenvalue weighted by molar-refractivity contribution is 5.19. The van der Waals surface area contributed by atoms with E-state index in [0.717, 1.165) is 6.07 Å². The van der Waals surface area contributed by atoms with Gasteiger partial charge in [0.15, 0.2) is 0 Å². The largest absolute Gasteiger partial charge is 0.271 e. The summed E-state index contributed by atoms with van der Waals surface area (Å²) in [6.07, 6.45) is 3.02. The van der Waals surface area contributed by atoms with Crippen LogP contribution in [0, 0.1) is 23.5 Å². The normalized spacial score (nSPS) is 19.1.